The standard InChI is InChI=1S/C24H15BBrN.C24H15BClN.C24H15BFN/c26-21-13-4-2-10-18(21)25-19-11-3-6-15-23(19)27-22-14-5-1-8-16(22)17-9-7-12-20(25)24(17)27;26-17-8-5-7-16(15-17)25-20-11-2-4-14-23(20)27-22-13-3-1-9-18(22)19-10-6-12-21(25)24(19)27;26-21-13-4-2-10-18(21)25-19-11-3-6-15-23(19)27-22-14-5-1-8-16(22)17-9-7-12-20(25)24(17)27/h3*1-15H. The molecule has 0 saturated carbocycles. The Balaban J connectivity index is 0.000000100. The molecule has 12 aromatic carbocycles. The van der Waals surface area contributed by atoms with Crippen LogP contribution in [0.5, 0.6) is 0 Å². The summed E-state index contributed by atoms with van der Waals surface area (Å²) in [6, 6.07) is 95.7. The van der Waals surface area contributed by atoms with Gasteiger partial charge in [0.1, 0.15) is 5.82 Å². The molecule has 0 unspecified atom stereocenters. The number of para-hydroxylation sites is 9. The molecule has 3 nitrogen and oxygen atoms in total. The van der Waals surface area contributed by atoms with E-state index in [-0.39, 0.29) is 26.0 Å². The monoisotopic (exact) mass is 1120 g/mol. The lowest BCUT2D eigenvalue weighted by molar-refractivity contribution is 0.635. The Bertz CT molecular complexity index is 4850. The van der Waals surface area contributed by atoms with Crippen LogP contribution in [0.3, 0.4) is 0 Å². The van der Waals surface area contributed by atoms with Crippen molar-refractivity contribution < 1.29 is 4.39 Å². The minimum atomic E-state index is -0.154. The zero-order valence-electron chi connectivity index (χ0n) is 43.7. The summed E-state index contributed by atoms with van der Waals surface area (Å²) >= 11 is 10.2. The Morgan fingerprint density at radius 2 is 0.630 bits per heavy atom. The van der Waals surface area contributed by atoms with Gasteiger partial charge in [0.25, 0.3) is 0 Å². The highest BCUT2D eigenvalue weighted by molar-refractivity contribution is 9.10. The molecule has 3 aliphatic rings. The van der Waals surface area contributed by atoms with Gasteiger partial charge in [-0.05, 0) is 98.9 Å². The number of hydrogen-bond donors (Lipinski definition) is 0. The van der Waals surface area contributed by atoms with Crippen LogP contribution in [0.15, 0.2) is 277 Å². The van der Waals surface area contributed by atoms with Crippen molar-refractivity contribution in [1.29, 1.82) is 0 Å². The third kappa shape index (κ3) is 7.30. The molecule has 6 heterocycles. The van der Waals surface area contributed by atoms with Crippen molar-refractivity contribution in [2.45, 2.75) is 0 Å². The van der Waals surface area contributed by atoms with Crippen LogP contribution in [0, 0.1) is 5.82 Å². The van der Waals surface area contributed by atoms with Crippen molar-refractivity contribution in [3.63, 3.8) is 0 Å². The number of fused-ring (bicyclic) bond motifs is 15. The molecule has 15 aromatic rings. The van der Waals surface area contributed by atoms with Crippen molar-refractivity contribution in [3.8, 4) is 17.1 Å². The molecule has 0 fully saturated rings. The predicted octanol–water partition coefficient (Wildman–Crippen LogP) is 12.4. The van der Waals surface area contributed by atoms with E-state index in [4.69, 9.17) is 11.6 Å². The van der Waals surface area contributed by atoms with Crippen LogP contribution in [0.1, 0.15) is 0 Å². The second-order valence-electron chi connectivity index (χ2n) is 21.4. The molecule has 378 valence electrons. The SMILES string of the molecule is Brc1ccccc1B1c2ccccc2-n2c3ccccc3c3cccc1c32.Clc1cccc(B2c3ccccc3-n3c4ccccc4c4cccc2c43)c1.Fc1ccccc1B1c2ccccc2-n2c3ccccc3c3cccc1c32. The summed E-state index contributed by atoms with van der Waals surface area (Å²) in [6.45, 7) is 0.292. The van der Waals surface area contributed by atoms with E-state index in [1.807, 2.05) is 30.3 Å². The summed E-state index contributed by atoms with van der Waals surface area (Å²) in [6.07, 6.45) is 0. The number of aromatic nitrogens is 3. The van der Waals surface area contributed by atoms with Gasteiger partial charge >= 0.3 is 0 Å². The number of halogens is 3. The normalized spacial score (nSPS) is 12.6. The minimum absolute atomic E-state index is 0.108. The predicted molar refractivity (Wildman–Crippen MR) is 348 cm³/mol. The molecular weight excluding hydrogens is 1070 g/mol. The second-order valence-corrected chi connectivity index (χ2v) is 22.7. The first-order valence-corrected chi connectivity index (χ1v) is 28.8. The summed E-state index contributed by atoms with van der Waals surface area (Å²) in [5.41, 5.74) is 22.2. The molecule has 0 N–H and O–H groups in total. The van der Waals surface area contributed by atoms with Gasteiger partial charge in [0, 0.05) is 75.4 Å². The maximum atomic E-state index is 14.8. The lowest BCUT2D eigenvalue weighted by Crippen LogP contribution is -2.56. The summed E-state index contributed by atoms with van der Waals surface area (Å²) in [5, 5.41) is 8.49. The summed E-state index contributed by atoms with van der Waals surface area (Å²) in [5.74, 6) is -0.154. The molecule has 0 radical (unpaired) electrons. The molecule has 18 rings (SSSR count). The Kier molecular flexibility index (Phi) is 11.3. The first-order valence-electron chi connectivity index (χ1n) is 27.6. The van der Waals surface area contributed by atoms with Crippen molar-refractivity contribution in [3.05, 3.63) is 288 Å². The van der Waals surface area contributed by atoms with Crippen LogP contribution in [0.25, 0.3) is 82.5 Å². The largest absolute Gasteiger partial charge is 0.310 e. The maximum Gasteiger partial charge on any atom is 0.250 e. The highest BCUT2D eigenvalue weighted by Crippen LogP contribution is 2.36. The summed E-state index contributed by atoms with van der Waals surface area (Å²) in [7, 11) is 0. The molecule has 0 aliphatic carbocycles. The van der Waals surface area contributed by atoms with E-state index in [0.29, 0.717) is 0 Å². The van der Waals surface area contributed by atoms with E-state index in [2.05, 4.69) is 260 Å². The number of nitrogens with zero attached hydrogens (tertiary/aromatic N) is 3. The van der Waals surface area contributed by atoms with Crippen LogP contribution < -0.4 is 49.2 Å². The molecule has 0 bridgehead atoms. The average Bonchev–Trinajstić information content (AvgIpc) is 2.92. The van der Waals surface area contributed by atoms with Gasteiger partial charge < -0.3 is 13.7 Å². The molecule has 9 heteroatoms. The van der Waals surface area contributed by atoms with E-state index in [9.17, 15) is 4.39 Å². The molecule has 3 aromatic heterocycles. The van der Waals surface area contributed by atoms with E-state index >= 15 is 0 Å². The summed E-state index contributed by atoms with van der Waals surface area (Å²) < 4.78 is 23.2. The van der Waals surface area contributed by atoms with Gasteiger partial charge in [-0.25, -0.2) is 4.39 Å². The van der Waals surface area contributed by atoms with Crippen LogP contribution in [0.2, 0.25) is 5.02 Å². The van der Waals surface area contributed by atoms with Crippen LogP contribution in [0.4, 0.5) is 4.39 Å². The highest BCUT2D eigenvalue weighted by atomic mass is 79.9. The minimum Gasteiger partial charge on any atom is -0.310 e. The Labute approximate surface area is 482 Å². The fourth-order valence-corrected chi connectivity index (χ4v) is 14.7. The number of hydrogen-bond acceptors (Lipinski definition) is 0. The molecular formula is C72H45B3BrClFN3. The third-order valence-electron chi connectivity index (χ3n) is 17.2. The molecule has 0 amide bonds. The van der Waals surface area contributed by atoms with Gasteiger partial charge in [-0.2, -0.15) is 0 Å². The number of rotatable bonds is 3. The van der Waals surface area contributed by atoms with Gasteiger partial charge in [0.2, 0.25) is 20.1 Å². The van der Waals surface area contributed by atoms with Crippen LogP contribution in [-0.2, 0) is 0 Å². The molecule has 0 atom stereocenters. The van der Waals surface area contributed by atoms with Gasteiger partial charge in [-0.3, -0.25) is 0 Å². The van der Waals surface area contributed by atoms with Gasteiger partial charge in [0.05, 0.1) is 16.6 Å². The third-order valence-corrected chi connectivity index (χ3v) is 18.1. The van der Waals surface area contributed by atoms with Crippen LogP contribution in [-0.4, -0.2) is 33.8 Å². The zero-order valence-corrected chi connectivity index (χ0v) is 46.0. The van der Waals surface area contributed by atoms with Crippen LogP contribution >= 0.6 is 27.5 Å². The Morgan fingerprint density at radius 3 is 1.09 bits per heavy atom. The molecule has 0 spiro atoms. The molecule has 81 heavy (non-hydrogen) atoms. The second kappa shape index (κ2) is 19.1. The van der Waals surface area contributed by atoms with Gasteiger partial charge in [-0.1, -0.05) is 251 Å². The smallest absolute Gasteiger partial charge is 0.250 e. The van der Waals surface area contributed by atoms with Gasteiger partial charge in [0.15, 0.2) is 0 Å². The topological polar surface area (TPSA) is 14.8 Å². The maximum absolute atomic E-state index is 14.8. The van der Waals surface area contributed by atoms with Crippen molar-refractivity contribution in [2.75, 3.05) is 0 Å². The highest BCUT2D eigenvalue weighted by Gasteiger charge is 2.37. The van der Waals surface area contributed by atoms with Crippen molar-refractivity contribution in [2.24, 2.45) is 0 Å². The first-order chi connectivity index (χ1) is 40.0. The lowest BCUT2D eigenvalue weighted by atomic mass is 9.35. The summed E-state index contributed by atoms with van der Waals surface area (Å²) in [4.78, 5) is 0. The fraction of sp³-hybridized carbons (Fsp3) is 0. The first kappa shape index (κ1) is 47.9. The van der Waals surface area contributed by atoms with E-state index in [1.165, 1.54) is 110 Å². The number of benzene rings is 12. The van der Waals surface area contributed by atoms with Crippen molar-refractivity contribution in [1.82, 2.24) is 13.7 Å². The fourth-order valence-electron chi connectivity index (χ4n) is 14.0. The molecule has 3 aliphatic heterocycles. The van der Waals surface area contributed by atoms with E-state index in [0.717, 1.165) is 31.6 Å². The lowest BCUT2D eigenvalue weighted by Gasteiger charge is -2.27. The van der Waals surface area contributed by atoms with Gasteiger partial charge in [-0.15, -0.1) is 0 Å². The Hall–Kier alpha value is -9.07. The van der Waals surface area contributed by atoms with Crippen molar-refractivity contribution >= 4 is 162 Å². The Morgan fingerprint density at radius 1 is 0.296 bits per heavy atom. The molecule has 0 saturated heterocycles. The zero-order chi connectivity index (χ0) is 53.9. The van der Waals surface area contributed by atoms with E-state index in [1.54, 1.807) is 12.1 Å². The van der Waals surface area contributed by atoms with E-state index < -0.39 is 0 Å². The quantitative estimate of drug-likeness (QED) is 0.157. The average molecular weight is 1120 g/mol.